The van der Waals surface area contributed by atoms with Crippen LogP contribution in [0.5, 0.6) is 0 Å². The summed E-state index contributed by atoms with van der Waals surface area (Å²) in [4.78, 5) is 14.2. The maximum atomic E-state index is 11.8. The number of carbonyl (C=O) groups is 1. The zero-order chi connectivity index (χ0) is 12.1. The molecular formula is C14H20N2O. The van der Waals surface area contributed by atoms with Crippen molar-refractivity contribution in [2.75, 3.05) is 19.6 Å². The van der Waals surface area contributed by atoms with Gasteiger partial charge in [0.2, 0.25) is 0 Å². The fraction of sp³-hybridized carbons (Fsp3) is 0.500. The van der Waals surface area contributed by atoms with Crippen molar-refractivity contribution in [2.45, 2.75) is 25.8 Å². The summed E-state index contributed by atoms with van der Waals surface area (Å²) in [5, 5.41) is 3.06. The Hall–Kier alpha value is -1.35. The van der Waals surface area contributed by atoms with Crippen LogP contribution in [-0.4, -0.2) is 36.5 Å². The minimum absolute atomic E-state index is 0.0470. The second kappa shape index (κ2) is 5.82. The van der Waals surface area contributed by atoms with Crippen molar-refractivity contribution in [3.05, 3.63) is 35.9 Å². The van der Waals surface area contributed by atoms with Crippen molar-refractivity contribution in [3.63, 3.8) is 0 Å². The van der Waals surface area contributed by atoms with Crippen LogP contribution in [0, 0.1) is 0 Å². The van der Waals surface area contributed by atoms with Crippen molar-refractivity contribution in [3.8, 4) is 0 Å². The lowest BCUT2D eigenvalue weighted by Gasteiger charge is -2.39. The maximum absolute atomic E-state index is 11.8. The molecule has 1 N–H and O–H groups in total. The lowest BCUT2D eigenvalue weighted by atomic mass is 10.1. The summed E-state index contributed by atoms with van der Waals surface area (Å²) in [6.07, 6.45) is 2.48. The van der Waals surface area contributed by atoms with Gasteiger partial charge >= 0.3 is 0 Å². The summed E-state index contributed by atoms with van der Waals surface area (Å²) in [6.45, 7) is 5.36. The third-order valence-corrected chi connectivity index (χ3v) is 3.16. The molecule has 0 saturated carbocycles. The molecule has 0 radical (unpaired) electrons. The molecule has 1 aliphatic heterocycles. The third kappa shape index (κ3) is 3.30. The van der Waals surface area contributed by atoms with Gasteiger partial charge in [-0.3, -0.25) is 9.69 Å². The molecule has 92 valence electrons. The molecule has 0 atom stereocenters. The van der Waals surface area contributed by atoms with Crippen LogP contribution in [0.2, 0.25) is 0 Å². The first-order valence-corrected chi connectivity index (χ1v) is 6.38. The van der Waals surface area contributed by atoms with E-state index < -0.39 is 0 Å². The number of benzene rings is 1. The van der Waals surface area contributed by atoms with E-state index in [9.17, 15) is 4.79 Å². The van der Waals surface area contributed by atoms with Gasteiger partial charge in [-0.15, -0.1) is 0 Å². The van der Waals surface area contributed by atoms with Crippen molar-refractivity contribution in [1.29, 1.82) is 0 Å². The Bertz CT molecular complexity index is 358. The zero-order valence-corrected chi connectivity index (χ0v) is 10.4. The number of nitrogens with one attached hydrogen (secondary N) is 1. The molecule has 1 saturated heterocycles. The Morgan fingerprint density at radius 3 is 2.71 bits per heavy atom. The van der Waals surface area contributed by atoms with Crippen LogP contribution in [0.15, 0.2) is 30.3 Å². The average Bonchev–Trinajstić information content (AvgIpc) is 2.32. The molecule has 0 unspecified atom stereocenters. The Balaban J connectivity index is 1.72. The van der Waals surface area contributed by atoms with E-state index in [2.05, 4.69) is 17.1 Å². The van der Waals surface area contributed by atoms with Gasteiger partial charge in [0.25, 0.3) is 5.91 Å². The molecule has 3 heteroatoms. The van der Waals surface area contributed by atoms with Crippen molar-refractivity contribution in [2.24, 2.45) is 0 Å². The van der Waals surface area contributed by atoms with Crippen LogP contribution >= 0.6 is 0 Å². The number of rotatable bonds is 5. The van der Waals surface area contributed by atoms with Gasteiger partial charge in [0.05, 0.1) is 6.04 Å². The molecule has 2 rings (SSSR count). The van der Waals surface area contributed by atoms with E-state index in [4.69, 9.17) is 0 Å². The van der Waals surface area contributed by atoms with Gasteiger partial charge in [0, 0.05) is 18.7 Å². The Morgan fingerprint density at radius 1 is 1.35 bits per heavy atom. The normalized spacial score (nSPS) is 16.5. The van der Waals surface area contributed by atoms with Gasteiger partial charge in [-0.1, -0.05) is 31.5 Å². The smallest absolute Gasteiger partial charge is 0.251 e. The van der Waals surface area contributed by atoms with Crippen LogP contribution in [0.4, 0.5) is 0 Å². The summed E-state index contributed by atoms with van der Waals surface area (Å²) in [6, 6.07) is 9.74. The molecule has 1 amide bonds. The number of nitrogens with zero attached hydrogens (tertiary/aromatic N) is 1. The fourth-order valence-corrected chi connectivity index (χ4v) is 2.08. The molecule has 0 bridgehead atoms. The number of carbonyl (C=O) groups excluding carboxylic acids is 1. The zero-order valence-electron chi connectivity index (χ0n) is 10.4. The minimum atomic E-state index is 0.0470. The highest BCUT2D eigenvalue weighted by Gasteiger charge is 2.27. The van der Waals surface area contributed by atoms with E-state index in [0.29, 0.717) is 6.04 Å². The monoisotopic (exact) mass is 232 g/mol. The third-order valence-electron chi connectivity index (χ3n) is 3.16. The predicted octanol–water partition coefficient (Wildman–Crippen LogP) is 1.90. The van der Waals surface area contributed by atoms with Gasteiger partial charge in [-0.2, -0.15) is 0 Å². The van der Waals surface area contributed by atoms with Gasteiger partial charge in [-0.25, -0.2) is 0 Å². The molecule has 0 aromatic heterocycles. The molecule has 1 heterocycles. The molecule has 1 aliphatic rings. The van der Waals surface area contributed by atoms with Crippen molar-refractivity contribution < 1.29 is 4.79 Å². The highest BCUT2D eigenvalue weighted by Crippen LogP contribution is 2.10. The van der Waals surface area contributed by atoms with E-state index in [-0.39, 0.29) is 5.91 Å². The highest BCUT2D eigenvalue weighted by atomic mass is 16.1. The quantitative estimate of drug-likeness (QED) is 0.841. The molecule has 3 nitrogen and oxygen atoms in total. The molecule has 1 fully saturated rings. The first-order valence-electron chi connectivity index (χ1n) is 6.38. The Kier molecular flexibility index (Phi) is 4.15. The van der Waals surface area contributed by atoms with Gasteiger partial charge in [0.15, 0.2) is 0 Å². The lowest BCUT2D eigenvalue weighted by molar-refractivity contribution is 0.0809. The maximum Gasteiger partial charge on any atom is 0.251 e. The van der Waals surface area contributed by atoms with E-state index in [1.807, 2.05) is 30.3 Å². The van der Waals surface area contributed by atoms with Crippen LogP contribution in [0.25, 0.3) is 0 Å². The summed E-state index contributed by atoms with van der Waals surface area (Å²) in [5.74, 6) is 0.0470. The number of hydrogen-bond donors (Lipinski definition) is 1. The summed E-state index contributed by atoms with van der Waals surface area (Å²) >= 11 is 0. The summed E-state index contributed by atoms with van der Waals surface area (Å²) in [5.41, 5.74) is 0.750. The molecule has 1 aromatic carbocycles. The second-order valence-corrected chi connectivity index (χ2v) is 4.65. The molecule has 1 aromatic rings. The van der Waals surface area contributed by atoms with Gasteiger partial charge < -0.3 is 5.32 Å². The van der Waals surface area contributed by atoms with Crippen LogP contribution in [-0.2, 0) is 0 Å². The summed E-state index contributed by atoms with van der Waals surface area (Å²) in [7, 11) is 0. The van der Waals surface area contributed by atoms with E-state index in [1.54, 1.807) is 0 Å². The average molecular weight is 232 g/mol. The predicted molar refractivity (Wildman–Crippen MR) is 69.0 cm³/mol. The fourth-order valence-electron chi connectivity index (χ4n) is 2.08. The van der Waals surface area contributed by atoms with E-state index >= 15 is 0 Å². The first-order chi connectivity index (χ1) is 8.29. The number of unbranched alkanes of at least 4 members (excludes halogenated alkanes) is 1. The largest absolute Gasteiger partial charge is 0.347 e. The SMILES string of the molecule is CCCCN1CC(NC(=O)c2ccccc2)C1. The number of hydrogen-bond acceptors (Lipinski definition) is 2. The minimum Gasteiger partial charge on any atom is -0.347 e. The van der Waals surface area contributed by atoms with Crippen molar-refractivity contribution >= 4 is 5.91 Å². The van der Waals surface area contributed by atoms with Crippen LogP contribution in [0.1, 0.15) is 30.1 Å². The van der Waals surface area contributed by atoms with E-state index in [1.165, 1.54) is 12.8 Å². The first kappa shape index (κ1) is 12.1. The summed E-state index contributed by atoms with van der Waals surface area (Å²) < 4.78 is 0. The Labute approximate surface area is 103 Å². The van der Waals surface area contributed by atoms with E-state index in [0.717, 1.165) is 25.2 Å². The second-order valence-electron chi connectivity index (χ2n) is 4.65. The van der Waals surface area contributed by atoms with Gasteiger partial charge in [-0.05, 0) is 25.1 Å². The number of amides is 1. The van der Waals surface area contributed by atoms with Crippen LogP contribution < -0.4 is 5.32 Å². The van der Waals surface area contributed by atoms with Crippen molar-refractivity contribution in [1.82, 2.24) is 10.2 Å². The topological polar surface area (TPSA) is 32.3 Å². The molecule has 17 heavy (non-hydrogen) atoms. The van der Waals surface area contributed by atoms with Crippen LogP contribution in [0.3, 0.4) is 0 Å². The molecular weight excluding hydrogens is 212 g/mol. The van der Waals surface area contributed by atoms with Gasteiger partial charge in [0.1, 0.15) is 0 Å². The Morgan fingerprint density at radius 2 is 2.06 bits per heavy atom. The highest BCUT2D eigenvalue weighted by molar-refractivity contribution is 5.94. The standard InChI is InChI=1S/C14H20N2O/c1-2-3-9-16-10-13(11-16)15-14(17)12-7-5-4-6-8-12/h4-8,13H,2-3,9-11H2,1H3,(H,15,17). The molecule has 0 aliphatic carbocycles. The lowest BCUT2D eigenvalue weighted by Crippen LogP contribution is -2.59. The molecule has 0 spiro atoms. The number of likely N-dealkylation sites (tertiary alicyclic amines) is 1.